The molecule has 6 nitrogen and oxygen atoms in total. The topological polar surface area (TPSA) is 88.6 Å². The Kier molecular flexibility index (Phi) is 2.93. The van der Waals surface area contributed by atoms with E-state index in [9.17, 15) is 9.59 Å². The summed E-state index contributed by atoms with van der Waals surface area (Å²) in [6.45, 7) is 0. The first-order valence-corrected chi connectivity index (χ1v) is 5.09. The number of pyridine rings is 1. The van der Waals surface area contributed by atoms with Crippen LogP contribution >= 0.6 is 0 Å². The quantitative estimate of drug-likeness (QED) is 0.854. The summed E-state index contributed by atoms with van der Waals surface area (Å²) in [5.74, 6) is -0.339. The summed E-state index contributed by atoms with van der Waals surface area (Å²) >= 11 is 0. The summed E-state index contributed by atoms with van der Waals surface area (Å²) in [6.07, 6.45) is 0. The smallest absolute Gasteiger partial charge is 0.352 e. The number of nitrogens with one attached hydrogen (secondary N) is 1. The molecule has 6 heteroatoms. The normalized spacial score (nSPS) is 10.3. The van der Waals surface area contributed by atoms with Gasteiger partial charge in [-0.05, 0) is 23.6 Å². The van der Waals surface area contributed by atoms with E-state index in [4.69, 9.17) is 14.6 Å². The fourth-order valence-corrected chi connectivity index (χ4v) is 1.71. The minimum Gasteiger partial charge on any atom is -0.493 e. The van der Waals surface area contributed by atoms with Crippen molar-refractivity contribution in [1.29, 1.82) is 0 Å². The van der Waals surface area contributed by atoms with Gasteiger partial charge in [0.25, 0.3) is 5.56 Å². The standard InChI is InChI=1S/C12H11NO5/c1-17-9-4-6-3-8(12(15)16)13-11(14)7(6)5-10(9)18-2/h3-5H,1-2H3,(H,13,14)(H,15,16). The second-order valence-electron chi connectivity index (χ2n) is 3.61. The molecule has 18 heavy (non-hydrogen) atoms. The molecule has 0 saturated heterocycles. The Labute approximate surface area is 102 Å². The van der Waals surface area contributed by atoms with Gasteiger partial charge in [-0.1, -0.05) is 0 Å². The lowest BCUT2D eigenvalue weighted by molar-refractivity contribution is 0.0690. The fraction of sp³-hybridized carbons (Fsp3) is 0.167. The van der Waals surface area contributed by atoms with Crippen LogP contribution in [0.15, 0.2) is 23.0 Å². The van der Waals surface area contributed by atoms with Gasteiger partial charge >= 0.3 is 5.97 Å². The van der Waals surface area contributed by atoms with Crippen LogP contribution in [0.5, 0.6) is 11.5 Å². The number of H-pyrrole nitrogens is 1. The van der Waals surface area contributed by atoms with Gasteiger partial charge in [0, 0.05) is 0 Å². The van der Waals surface area contributed by atoms with Crippen molar-refractivity contribution in [1.82, 2.24) is 4.98 Å². The van der Waals surface area contributed by atoms with E-state index < -0.39 is 11.5 Å². The summed E-state index contributed by atoms with van der Waals surface area (Å²) in [5, 5.41) is 9.70. The van der Waals surface area contributed by atoms with E-state index in [1.807, 2.05) is 0 Å². The van der Waals surface area contributed by atoms with E-state index >= 15 is 0 Å². The van der Waals surface area contributed by atoms with E-state index in [1.54, 1.807) is 6.07 Å². The van der Waals surface area contributed by atoms with Crippen molar-refractivity contribution in [3.8, 4) is 11.5 Å². The van der Waals surface area contributed by atoms with Crippen LogP contribution in [-0.2, 0) is 0 Å². The van der Waals surface area contributed by atoms with Crippen LogP contribution < -0.4 is 15.0 Å². The number of hydrogen-bond donors (Lipinski definition) is 2. The highest BCUT2D eigenvalue weighted by molar-refractivity contribution is 5.93. The molecule has 0 fully saturated rings. The fourth-order valence-electron chi connectivity index (χ4n) is 1.71. The number of aromatic nitrogens is 1. The number of benzene rings is 1. The number of aromatic amines is 1. The summed E-state index contributed by atoms with van der Waals surface area (Å²) in [7, 11) is 2.93. The Balaban J connectivity index is 2.80. The zero-order chi connectivity index (χ0) is 13.3. The highest BCUT2D eigenvalue weighted by Gasteiger charge is 2.12. The van der Waals surface area contributed by atoms with Gasteiger partial charge < -0.3 is 19.6 Å². The first-order valence-electron chi connectivity index (χ1n) is 5.09. The molecule has 0 aliphatic rings. The Morgan fingerprint density at radius 1 is 1.17 bits per heavy atom. The molecule has 0 radical (unpaired) electrons. The summed E-state index contributed by atoms with van der Waals surface area (Å²) < 4.78 is 10.2. The SMILES string of the molecule is COc1cc2cc(C(=O)O)[nH]c(=O)c2cc1OC. The number of aromatic carboxylic acids is 1. The highest BCUT2D eigenvalue weighted by atomic mass is 16.5. The Hall–Kier alpha value is -2.50. The van der Waals surface area contributed by atoms with Crippen molar-refractivity contribution in [3.63, 3.8) is 0 Å². The van der Waals surface area contributed by atoms with Crippen molar-refractivity contribution in [2.24, 2.45) is 0 Å². The number of carboxylic acid groups (broad SMARTS) is 1. The zero-order valence-corrected chi connectivity index (χ0v) is 9.81. The van der Waals surface area contributed by atoms with Crippen molar-refractivity contribution in [2.45, 2.75) is 0 Å². The van der Waals surface area contributed by atoms with Crippen LogP contribution in [-0.4, -0.2) is 30.3 Å². The van der Waals surface area contributed by atoms with Gasteiger partial charge in [0.1, 0.15) is 5.69 Å². The summed E-state index contributed by atoms with van der Waals surface area (Å²) in [6, 6.07) is 4.45. The zero-order valence-electron chi connectivity index (χ0n) is 9.81. The first-order chi connectivity index (χ1) is 8.56. The van der Waals surface area contributed by atoms with Crippen LogP contribution in [0.3, 0.4) is 0 Å². The number of methoxy groups -OCH3 is 2. The van der Waals surface area contributed by atoms with Gasteiger partial charge in [-0.3, -0.25) is 4.79 Å². The molecular weight excluding hydrogens is 238 g/mol. The number of carboxylic acids is 1. The number of ether oxygens (including phenoxy) is 2. The van der Waals surface area contributed by atoms with E-state index in [0.29, 0.717) is 22.3 Å². The molecule has 94 valence electrons. The molecule has 0 amide bonds. The minimum atomic E-state index is -1.19. The monoisotopic (exact) mass is 249 g/mol. The van der Waals surface area contributed by atoms with Gasteiger partial charge in [0.2, 0.25) is 0 Å². The highest BCUT2D eigenvalue weighted by Crippen LogP contribution is 2.30. The number of fused-ring (bicyclic) bond motifs is 1. The Bertz CT molecular complexity index is 674. The van der Waals surface area contributed by atoms with Crippen LogP contribution in [0, 0.1) is 0 Å². The molecule has 2 N–H and O–H groups in total. The molecule has 0 spiro atoms. The first kappa shape index (κ1) is 12.0. The van der Waals surface area contributed by atoms with E-state index in [1.165, 1.54) is 26.4 Å². The molecule has 1 heterocycles. The van der Waals surface area contributed by atoms with Crippen molar-refractivity contribution in [2.75, 3.05) is 14.2 Å². The largest absolute Gasteiger partial charge is 0.493 e. The molecule has 0 unspecified atom stereocenters. The van der Waals surface area contributed by atoms with Crippen LogP contribution in [0.25, 0.3) is 10.8 Å². The second kappa shape index (κ2) is 4.40. The number of hydrogen-bond acceptors (Lipinski definition) is 4. The van der Waals surface area contributed by atoms with Gasteiger partial charge in [0.05, 0.1) is 19.6 Å². The lowest BCUT2D eigenvalue weighted by atomic mass is 10.1. The van der Waals surface area contributed by atoms with Crippen molar-refractivity contribution in [3.05, 3.63) is 34.2 Å². The van der Waals surface area contributed by atoms with Crippen LogP contribution in [0.4, 0.5) is 0 Å². The van der Waals surface area contributed by atoms with Crippen LogP contribution in [0.2, 0.25) is 0 Å². The molecule has 0 saturated carbocycles. The molecule has 0 aliphatic heterocycles. The third-order valence-corrected chi connectivity index (χ3v) is 2.58. The number of rotatable bonds is 3. The third-order valence-electron chi connectivity index (χ3n) is 2.58. The second-order valence-corrected chi connectivity index (χ2v) is 3.61. The summed E-state index contributed by atoms with van der Waals surface area (Å²) in [5.41, 5.74) is -0.648. The Morgan fingerprint density at radius 2 is 1.78 bits per heavy atom. The minimum absolute atomic E-state index is 0.167. The molecule has 0 bridgehead atoms. The maximum atomic E-state index is 11.8. The third kappa shape index (κ3) is 1.88. The van der Waals surface area contributed by atoms with Gasteiger partial charge in [-0.25, -0.2) is 4.79 Å². The van der Waals surface area contributed by atoms with Gasteiger partial charge in [0.15, 0.2) is 11.5 Å². The summed E-state index contributed by atoms with van der Waals surface area (Å²) in [4.78, 5) is 24.9. The molecular formula is C12H11NO5. The van der Waals surface area contributed by atoms with Gasteiger partial charge in [-0.15, -0.1) is 0 Å². The lowest BCUT2D eigenvalue weighted by Gasteiger charge is -2.09. The molecule has 1 aromatic heterocycles. The predicted molar refractivity (Wildman–Crippen MR) is 64.6 cm³/mol. The number of carbonyl (C=O) groups is 1. The maximum Gasteiger partial charge on any atom is 0.352 e. The maximum absolute atomic E-state index is 11.8. The Morgan fingerprint density at radius 3 is 2.33 bits per heavy atom. The average Bonchev–Trinajstić information content (AvgIpc) is 2.36. The van der Waals surface area contributed by atoms with E-state index in [2.05, 4.69) is 4.98 Å². The molecule has 0 aliphatic carbocycles. The molecule has 2 rings (SSSR count). The van der Waals surface area contributed by atoms with E-state index in [-0.39, 0.29) is 5.69 Å². The predicted octanol–water partition coefficient (Wildman–Crippen LogP) is 1.24. The van der Waals surface area contributed by atoms with Crippen molar-refractivity contribution < 1.29 is 19.4 Å². The van der Waals surface area contributed by atoms with Crippen LogP contribution in [0.1, 0.15) is 10.5 Å². The molecule has 2 aromatic rings. The average molecular weight is 249 g/mol. The molecule has 0 atom stereocenters. The molecule has 1 aromatic carbocycles. The van der Waals surface area contributed by atoms with Gasteiger partial charge in [-0.2, -0.15) is 0 Å². The lowest BCUT2D eigenvalue weighted by Crippen LogP contribution is -2.13. The van der Waals surface area contributed by atoms with Crippen molar-refractivity contribution >= 4 is 16.7 Å². The van der Waals surface area contributed by atoms with E-state index in [0.717, 1.165) is 0 Å².